The SMILES string of the molecule is C[C@]12CC[C@H]3[C@@H](CCC4=CC(=O)C=C[C@@]43C)[C@@H]1CC[C@@H]2OC(=O)CCC(=O)O. The van der Waals surface area contributed by atoms with Crippen molar-refractivity contribution in [1.29, 1.82) is 0 Å². The molecule has 0 aromatic rings. The molecule has 0 unspecified atom stereocenters. The smallest absolute Gasteiger partial charge is 0.306 e. The molecule has 4 aliphatic rings. The van der Waals surface area contributed by atoms with Crippen LogP contribution in [0.1, 0.15) is 65.2 Å². The molecule has 0 saturated heterocycles. The number of fused-ring (bicyclic) bond motifs is 5. The van der Waals surface area contributed by atoms with Crippen molar-refractivity contribution in [3.8, 4) is 0 Å². The molecule has 4 aliphatic carbocycles. The van der Waals surface area contributed by atoms with E-state index >= 15 is 0 Å². The summed E-state index contributed by atoms with van der Waals surface area (Å²) in [7, 11) is 0. The summed E-state index contributed by atoms with van der Waals surface area (Å²) in [5.74, 6) is 0.406. The molecule has 0 bridgehead atoms. The fraction of sp³-hybridized carbons (Fsp3) is 0.696. The van der Waals surface area contributed by atoms with Crippen LogP contribution >= 0.6 is 0 Å². The van der Waals surface area contributed by atoms with Crippen molar-refractivity contribution in [2.75, 3.05) is 0 Å². The Morgan fingerprint density at radius 3 is 2.68 bits per heavy atom. The van der Waals surface area contributed by atoms with Crippen molar-refractivity contribution < 1.29 is 24.2 Å². The number of ketones is 1. The van der Waals surface area contributed by atoms with Gasteiger partial charge in [0.05, 0.1) is 12.8 Å². The van der Waals surface area contributed by atoms with Crippen LogP contribution in [0.5, 0.6) is 0 Å². The monoisotopic (exact) mass is 386 g/mol. The topological polar surface area (TPSA) is 80.7 Å². The Morgan fingerprint density at radius 2 is 1.93 bits per heavy atom. The van der Waals surface area contributed by atoms with Crippen LogP contribution in [0.25, 0.3) is 0 Å². The molecule has 3 saturated carbocycles. The Balaban J connectivity index is 1.50. The third-order valence-corrected chi connectivity index (χ3v) is 8.29. The predicted octanol–water partition coefficient (Wildman–Crippen LogP) is 4.07. The van der Waals surface area contributed by atoms with Gasteiger partial charge in [0.25, 0.3) is 0 Å². The first-order chi connectivity index (χ1) is 13.2. The maximum Gasteiger partial charge on any atom is 0.306 e. The summed E-state index contributed by atoms with van der Waals surface area (Å²) in [4.78, 5) is 34.7. The quantitative estimate of drug-likeness (QED) is 0.737. The summed E-state index contributed by atoms with van der Waals surface area (Å²) in [5.41, 5.74) is 1.25. The standard InChI is InChI=1S/C23H30O5/c1-22-11-9-15(24)13-14(22)3-4-16-17-5-6-19(23(17,2)12-10-18(16)22)28-21(27)8-7-20(25)26/h9,11,13,16-19H,3-8,10,12H2,1-2H3,(H,25,26)/t16-,17-,18-,19-,22-,23-/m0/s1. The van der Waals surface area contributed by atoms with Crippen LogP contribution in [0.2, 0.25) is 0 Å². The molecule has 6 atom stereocenters. The highest BCUT2D eigenvalue weighted by molar-refractivity contribution is 6.01. The Bertz CT molecular complexity index is 765. The summed E-state index contributed by atoms with van der Waals surface area (Å²) in [6.07, 6.45) is 11.5. The molecule has 0 spiro atoms. The summed E-state index contributed by atoms with van der Waals surface area (Å²) in [6.45, 7) is 4.56. The average molecular weight is 386 g/mol. The lowest BCUT2D eigenvalue weighted by atomic mass is 9.48. The Morgan fingerprint density at radius 1 is 1.14 bits per heavy atom. The number of carboxylic acid groups (broad SMARTS) is 1. The molecule has 152 valence electrons. The van der Waals surface area contributed by atoms with Crippen molar-refractivity contribution in [2.24, 2.45) is 28.6 Å². The molecule has 3 fully saturated rings. The fourth-order valence-electron chi connectivity index (χ4n) is 6.77. The van der Waals surface area contributed by atoms with E-state index in [1.165, 1.54) is 5.57 Å². The second-order valence-corrected chi connectivity index (χ2v) is 9.60. The summed E-state index contributed by atoms with van der Waals surface area (Å²) in [5, 5.41) is 8.79. The van der Waals surface area contributed by atoms with Crippen LogP contribution in [0.4, 0.5) is 0 Å². The van der Waals surface area contributed by atoms with Gasteiger partial charge in [0.15, 0.2) is 5.78 Å². The van der Waals surface area contributed by atoms with E-state index < -0.39 is 5.97 Å². The minimum atomic E-state index is -0.966. The molecular formula is C23H30O5. The van der Waals surface area contributed by atoms with Gasteiger partial charge in [0.1, 0.15) is 6.10 Å². The zero-order valence-corrected chi connectivity index (χ0v) is 16.8. The van der Waals surface area contributed by atoms with Crippen molar-refractivity contribution in [3.63, 3.8) is 0 Å². The Kier molecular flexibility index (Phi) is 4.75. The van der Waals surface area contributed by atoms with E-state index in [0.29, 0.717) is 17.8 Å². The van der Waals surface area contributed by atoms with Crippen LogP contribution in [-0.4, -0.2) is 28.9 Å². The maximum absolute atomic E-state index is 12.1. The van der Waals surface area contributed by atoms with E-state index in [4.69, 9.17) is 9.84 Å². The number of aliphatic carboxylic acids is 1. The van der Waals surface area contributed by atoms with Crippen LogP contribution in [0.15, 0.2) is 23.8 Å². The number of carboxylic acids is 1. The number of carbonyl (C=O) groups is 3. The minimum absolute atomic E-state index is 0.0194. The van der Waals surface area contributed by atoms with Gasteiger partial charge in [-0.1, -0.05) is 25.5 Å². The Labute approximate surface area is 166 Å². The van der Waals surface area contributed by atoms with Crippen LogP contribution in [-0.2, 0) is 19.1 Å². The molecule has 0 radical (unpaired) electrons. The lowest BCUT2D eigenvalue weighted by Gasteiger charge is -2.56. The number of rotatable bonds is 4. The van der Waals surface area contributed by atoms with Crippen molar-refractivity contribution >= 4 is 17.7 Å². The van der Waals surface area contributed by atoms with Gasteiger partial charge in [-0.25, -0.2) is 0 Å². The van der Waals surface area contributed by atoms with Crippen molar-refractivity contribution in [3.05, 3.63) is 23.8 Å². The zero-order valence-electron chi connectivity index (χ0n) is 16.8. The van der Waals surface area contributed by atoms with Crippen LogP contribution in [0, 0.1) is 28.6 Å². The molecule has 0 heterocycles. The molecule has 0 aromatic carbocycles. The lowest BCUT2D eigenvalue weighted by molar-refractivity contribution is -0.161. The highest BCUT2D eigenvalue weighted by atomic mass is 16.5. The van der Waals surface area contributed by atoms with Crippen LogP contribution < -0.4 is 0 Å². The van der Waals surface area contributed by atoms with E-state index in [1.807, 2.05) is 6.08 Å². The van der Waals surface area contributed by atoms with Gasteiger partial charge in [-0.05, 0) is 68.4 Å². The van der Waals surface area contributed by atoms with E-state index in [2.05, 4.69) is 19.9 Å². The van der Waals surface area contributed by atoms with Crippen LogP contribution in [0.3, 0.4) is 0 Å². The third-order valence-electron chi connectivity index (χ3n) is 8.29. The number of hydrogen-bond acceptors (Lipinski definition) is 4. The Hall–Kier alpha value is -1.91. The van der Waals surface area contributed by atoms with Gasteiger partial charge in [-0.2, -0.15) is 0 Å². The summed E-state index contributed by atoms with van der Waals surface area (Å²) in [6, 6.07) is 0. The maximum atomic E-state index is 12.1. The lowest BCUT2D eigenvalue weighted by Crippen LogP contribution is -2.51. The second-order valence-electron chi connectivity index (χ2n) is 9.60. The van der Waals surface area contributed by atoms with Gasteiger partial charge in [0, 0.05) is 10.8 Å². The highest BCUT2D eigenvalue weighted by Crippen LogP contribution is 2.64. The number of carbonyl (C=O) groups excluding carboxylic acids is 2. The van der Waals surface area contributed by atoms with E-state index in [1.54, 1.807) is 6.08 Å². The number of esters is 1. The van der Waals surface area contributed by atoms with Crippen molar-refractivity contribution in [2.45, 2.75) is 71.3 Å². The van der Waals surface area contributed by atoms with Gasteiger partial charge in [0.2, 0.25) is 0 Å². The van der Waals surface area contributed by atoms with E-state index in [-0.39, 0.29) is 41.5 Å². The van der Waals surface area contributed by atoms with Gasteiger partial charge in [-0.15, -0.1) is 0 Å². The van der Waals surface area contributed by atoms with E-state index in [9.17, 15) is 14.4 Å². The van der Waals surface area contributed by atoms with E-state index in [0.717, 1.165) is 38.5 Å². The number of ether oxygens (including phenoxy) is 1. The van der Waals surface area contributed by atoms with Crippen molar-refractivity contribution in [1.82, 2.24) is 0 Å². The minimum Gasteiger partial charge on any atom is -0.481 e. The molecule has 28 heavy (non-hydrogen) atoms. The van der Waals surface area contributed by atoms with Gasteiger partial charge >= 0.3 is 11.9 Å². The molecule has 5 nitrogen and oxygen atoms in total. The fourth-order valence-corrected chi connectivity index (χ4v) is 6.77. The first-order valence-corrected chi connectivity index (χ1v) is 10.6. The summed E-state index contributed by atoms with van der Waals surface area (Å²) < 4.78 is 5.79. The van der Waals surface area contributed by atoms with Gasteiger partial charge in [-0.3, -0.25) is 14.4 Å². The first kappa shape index (κ1) is 19.4. The normalized spacial score (nSPS) is 41.5. The molecule has 1 N–H and O–H groups in total. The zero-order chi connectivity index (χ0) is 20.1. The third kappa shape index (κ3) is 3.03. The first-order valence-electron chi connectivity index (χ1n) is 10.6. The molecular weight excluding hydrogens is 356 g/mol. The number of allylic oxidation sites excluding steroid dienone is 4. The average Bonchev–Trinajstić information content (AvgIpc) is 2.97. The predicted molar refractivity (Wildman–Crippen MR) is 103 cm³/mol. The molecule has 5 heteroatoms. The van der Waals surface area contributed by atoms with Gasteiger partial charge < -0.3 is 9.84 Å². The molecule has 0 aliphatic heterocycles. The second kappa shape index (κ2) is 6.85. The highest BCUT2D eigenvalue weighted by Gasteiger charge is 2.59. The summed E-state index contributed by atoms with van der Waals surface area (Å²) >= 11 is 0. The molecule has 0 amide bonds. The molecule has 4 rings (SSSR count). The largest absolute Gasteiger partial charge is 0.481 e. The molecule has 0 aromatic heterocycles. The number of hydrogen-bond donors (Lipinski definition) is 1.